The van der Waals surface area contributed by atoms with Gasteiger partial charge in [0.05, 0.1) is 13.7 Å². The van der Waals surface area contributed by atoms with Gasteiger partial charge in [0.25, 0.3) is 0 Å². The number of rotatable bonds is 7. The van der Waals surface area contributed by atoms with Crippen molar-refractivity contribution < 1.29 is 14.6 Å². The molecule has 90 valence electrons. The highest BCUT2D eigenvalue weighted by Gasteiger charge is 2.02. The van der Waals surface area contributed by atoms with Crippen LogP contribution in [0.5, 0.6) is 11.5 Å². The molecule has 0 saturated heterocycles. The zero-order valence-electron chi connectivity index (χ0n) is 10.0. The number of phenols is 1. The van der Waals surface area contributed by atoms with Gasteiger partial charge < -0.3 is 14.6 Å². The Hall–Kier alpha value is -1.22. The van der Waals surface area contributed by atoms with Crippen molar-refractivity contribution in [2.45, 2.75) is 32.8 Å². The summed E-state index contributed by atoms with van der Waals surface area (Å²) >= 11 is 0. The van der Waals surface area contributed by atoms with Gasteiger partial charge >= 0.3 is 0 Å². The van der Waals surface area contributed by atoms with Crippen LogP contribution in [0.3, 0.4) is 0 Å². The van der Waals surface area contributed by atoms with Gasteiger partial charge in [0.15, 0.2) is 11.5 Å². The van der Waals surface area contributed by atoms with Crippen LogP contribution in [0, 0.1) is 0 Å². The van der Waals surface area contributed by atoms with E-state index in [0.717, 1.165) is 18.6 Å². The first kappa shape index (κ1) is 12.8. The molecule has 0 aliphatic carbocycles. The molecule has 0 spiro atoms. The van der Waals surface area contributed by atoms with Crippen molar-refractivity contribution in [3.05, 3.63) is 23.8 Å². The lowest BCUT2D eigenvalue weighted by atomic mass is 10.2. The van der Waals surface area contributed by atoms with Crippen molar-refractivity contribution in [2.75, 3.05) is 13.7 Å². The molecule has 1 N–H and O–H groups in total. The first-order valence-corrected chi connectivity index (χ1v) is 5.71. The van der Waals surface area contributed by atoms with Crippen LogP contribution in [-0.4, -0.2) is 18.8 Å². The minimum Gasteiger partial charge on any atom is -0.504 e. The Balaban J connectivity index is 2.34. The van der Waals surface area contributed by atoms with E-state index in [4.69, 9.17) is 9.47 Å². The third-order valence-electron chi connectivity index (χ3n) is 2.40. The van der Waals surface area contributed by atoms with Gasteiger partial charge in [-0.1, -0.05) is 25.8 Å². The average molecular weight is 224 g/mol. The van der Waals surface area contributed by atoms with Crippen molar-refractivity contribution in [1.29, 1.82) is 0 Å². The van der Waals surface area contributed by atoms with Crippen LogP contribution in [0.15, 0.2) is 18.2 Å². The molecule has 0 unspecified atom stereocenters. The average Bonchev–Trinajstić information content (AvgIpc) is 2.29. The molecular formula is C13H20O3. The third kappa shape index (κ3) is 4.11. The van der Waals surface area contributed by atoms with Gasteiger partial charge in [0, 0.05) is 6.61 Å². The highest BCUT2D eigenvalue weighted by Crippen LogP contribution is 2.26. The summed E-state index contributed by atoms with van der Waals surface area (Å²) in [6.07, 6.45) is 3.50. The van der Waals surface area contributed by atoms with E-state index >= 15 is 0 Å². The van der Waals surface area contributed by atoms with Gasteiger partial charge in [-0.05, 0) is 24.1 Å². The number of ether oxygens (including phenoxy) is 2. The molecule has 0 bridgehead atoms. The van der Waals surface area contributed by atoms with Gasteiger partial charge in [-0.3, -0.25) is 0 Å². The second-order valence-corrected chi connectivity index (χ2v) is 3.77. The molecule has 3 nitrogen and oxygen atoms in total. The van der Waals surface area contributed by atoms with Crippen molar-refractivity contribution in [3.63, 3.8) is 0 Å². The van der Waals surface area contributed by atoms with Crippen LogP contribution in [0.4, 0.5) is 0 Å². The summed E-state index contributed by atoms with van der Waals surface area (Å²) in [6.45, 7) is 3.49. The molecule has 0 radical (unpaired) electrons. The Morgan fingerprint density at radius 2 is 2.06 bits per heavy atom. The van der Waals surface area contributed by atoms with Crippen molar-refractivity contribution in [3.8, 4) is 11.5 Å². The maximum absolute atomic E-state index is 9.55. The number of unbranched alkanes of at least 4 members (excludes halogenated alkanes) is 2. The molecule has 0 saturated carbocycles. The van der Waals surface area contributed by atoms with Gasteiger partial charge in [-0.15, -0.1) is 0 Å². The number of phenolic OH excluding ortho intramolecular Hbond substituents is 1. The Morgan fingerprint density at radius 1 is 1.25 bits per heavy atom. The second-order valence-electron chi connectivity index (χ2n) is 3.77. The fourth-order valence-electron chi connectivity index (χ4n) is 1.47. The number of methoxy groups -OCH3 is 1. The number of hydrogen-bond donors (Lipinski definition) is 1. The maximum Gasteiger partial charge on any atom is 0.160 e. The fourth-order valence-corrected chi connectivity index (χ4v) is 1.47. The van der Waals surface area contributed by atoms with E-state index in [1.807, 2.05) is 6.07 Å². The quantitative estimate of drug-likeness (QED) is 0.723. The Morgan fingerprint density at radius 3 is 2.69 bits per heavy atom. The fraction of sp³-hybridized carbons (Fsp3) is 0.538. The summed E-state index contributed by atoms with van der Waals surface area (Å²) in [5.41, 5.74) is 0.967. The summed E-state index contributed by atoms with van der Waals surface area (Å²) < 4.78 is 10.5. The highest BCUT2D eigenvalue weighted by molar-refractivity contribution is 5.41. The van der Waals surface area contributed by atoms with E-state index in [-0.39, 0.29) is 5.75 Å². The number of aromatic hydroxyl groups is 1. The SMILES string of the molecule is CCCCCOCc1ccc(OC)c(O)c1. The minimum absolute atomic E-state index is 0.164. The summed E-state index contributed by atoms with van der Waals surface area (Å²) in [4.78, 5) is 0. The van der Waals surface area contributed by atoms with Crippen LogP contribution in [-0.2, 0) is 11.3 Å². The van der Waals surface area contributed by atoms with Crippen molar-refractivity contribution >= 4 is 0 Å². The van der Waals surface area contributed by atoms with Crippen LogP contribution in [0.1, 0.15) is 31.7 Å². The number of hydrogen-bond acceptors (Lipinski definition) is 3. The van der Waals surface area contributed by atoms with Gasteiger partial charge in [0.1, 0.15) is 0 Å². The van der Waals surface area contributed by atoms with Crippen LogP contribution >= 0.6 is 0 Å². The van der Waals surface area contributed by atoms with Gasteiger partial charge in [-0.25, -0.2) is 0 Å². The molecule has 1 rings (SSSR count). The predicted octanol–water partition coefficient (Wildman–Crippen LogP) is 3.11. The summed E-state index contributed by atoms with van der Waals surface area (Å²) in [5.74, 6) is 0.659. The Labute approximate surface area is 97.0 Å². The standard InChI is InChI=1S/C13H20O3/c1-3-4-5-8-16-10-11-6-7-13(15-2)12(14)9-11/h6-7,9,14H,3-5,8,10H2,1-2H3. The smallest absolute Gasteiger partial charge is 0.160 e. The molecule has 0 aliphatic rings. The molecule has 0 heterocycles. The lowest BCUT2D eigenvalue weighted by Gasteiger charge is -2.07. The normalized spacial score (nSPS) is 10.4. The lowest BCUT2D eigenvalue weighted by Crippen LogP contribution is -1.95. The number of benzene rings is 1. The molecule has 1 aromatic rings. The topological polar surface area (TPSA) is 38.7 Å². The lowest BCUT2D eigenvalue weighted by molar-refractivity contribution is 0.117. The van der Waals surface area contributed by atoms with Crippen molar-refractivity contribution in [2.24, 2.45) is 0 Å². The molecule has 0 amide bonds. The molecule has 1 aromatic carbocycles. The van der Waals surface area contributed by atoms with E-state index in [1.54, 1.807) is 12.1 Å². The maximum atomic E-state index is 9.55. The van der Waals surface area contributed by atoms with Crippen LogP contribution in [0.2, 0.25) is 0 Å². The predicted molar refractivity (Wildman–Crippen MR) is 63.8 cm³/mol. The molecular weight excluding hydrogens is 204 g/mol. The Kier molecular flexibility index (Phi) is 5.72. The molecule has 16 heavy (non-hydrogen) atoms. The minimum atomic E-state index is 0.164. The molecule has 3 heteroatoms. The molecule has 0 aromatic heterocycles. The second kappa shape index (κ2) is 7.12. The van der Waals surface area contributed by atoms with Crippen molar-refractivity contribution in [1.82, 2.24) is 0 Å². The van der Waals surface area contributed by atoms with E-state index in [2.05, 4.69) is 6.92 Å². The Bertz CT molecular complexity index is 310. The van der Waals surface area contributed by atoms with E-state index in [0.29, 0.717) is 12.4 Å². The zero-order valence-corrected chi connectivity index (χ0v) is 10.0. The van der Waals surface area contributed by atoms with Crippen LogP contribution in [0.25, 0.3) is 0 Å². The molecule has 0 fully saturated rings. The summed E-state index contributed by atoms with van der Waals surface area (Å²) in [7, 11) is 1.54. The zero-order chi connectivity index (χ0) is 11.8. The highest BCUT2D eigenvalue weighted by atomic mass is 16.5. The molecule has 0 atom stereocenters. The largest absolute Gasteiger partial charge is 0.504 e. The summed E-state index contributed by atoms with van der Waals surface area (Å²) in [6, 6.07) is 5.33. The first-order valence-electron chi connectivity index (χ1n) is 5.71. The first-order chi connectivity index (χ1) is 7.77. The van der Waals surface area contributed by atoms with Gasteiger partial charge in [0.2, 0.25) is 0 Å². The van der Waals surface area contributed by atoms with E-state index in [1.165, 1.54) is 20.0 Å². The monoisotopic (exact) mass is 224 g/mol. The van der Waals surface area contributed by atoms with E-state index < -0.39 is 0 Å². The van der Waals surface area contributed by atoms with Gasteiger partial charge in [-0.2, -0.15) is 0 Å². The molecule has 0 aliphatic heterocycles. The summed E-state index contributed by atoms with van der Waals surface area (Å²) in [5, 5.41) is 9.55. The third-order valence-corrected chi connectivity index (χ3v) is 2.40. The van der Waals surface area contributed by atoms with E-state index in [9.17, 15) is 5.11 Å². The van der Waals surface area contributed by atoms with Crippen LogP contribution < -0.4 is 4.74 Å².